The van der Waals surface area contributed by atoms with E-state index >= 15 is 0 Å². The molecule has 0 fully saturated rings. The first-order valence-corrected chi connectivity index (χ1v) is 6.25. The van der Waals surface area contributed by atoms with Crippen LogP contribution < -0.4 is 4.74 Å². The summed E-state index contributed by atoms with van der Waals surface area (Å²) in [5.41, 5.74) is 1.41. The highest BCUT2D eigenvalue weighted by Crippen LogP contribution is 2.24. The zero-order valence-electron chi connectivity index (χ0n) is 10.9. The molecule has 2 aromatic carbocycles. The van der Waals surface area contributed by atoms with Gasteiger partial charge in [0, 0.05) is 17.0 Å². The van der Waals surface area contributed by atoms with Crippen LogP contribution in [0.15, 0.2) is 53.1 Å². The number of carboxylic acids is 1. The predicted octanol–water partition coefficient (Wildman–Crippen LogP) is 3.85. The summed E-state index contributed by atoms with van der Waals surface area (Å²) in [6.45, 7) is 0.211. The van der Waals surface area contributed by atoms with Crippen molar-refractivity contribution in [2.45, 2.75) is 6.61 Å². The first-order valence-electron chi connectivity index (χ1n) is 6.25. The maximum Gasteiger partial charge on any atom is 0.335 e. The molecule has 0 radical (unpaired) electrons. The maximum absolute atomic E-state index is 13.1. The third-order valence-electron chi connectivity index (χ3n) is 3.09. The van der Waals surface area contributed by atoms with E-state index in [1.807, 2.05) is 0 Å². The number of carboxylic acid groups (broad SMARTS) is 1. The molecule has 0 saturated carbocycles. The normalized spacial score (nSPS) is 10.7. The number of benzene rings is 2. The van der Waals surface area contributed by atoms with E-state index in [2.05, 4.69) is 0 Å². The summed E-state index contributed by atoms with van der Waals surface area (Å²) in [6, 6.07) is 10.5. The lowest BCUT2D eigenvalue weighted by Gasteiger charge is -2.04. The Hall–Kier alpha value is -2.82. The number of carbonyl (C=O) groups is 1. The van der Waals surface area contributed by atoms with Crippen LogP contribution in [0.2, 0.25) is 0 Å². The predicted molar refractivity (Wildman–Crippen MR) is 73.9 cm³/mol. The van der Waals surface area contributed by atoms with Gasteiger partial charge in [0.05, 0.1) is 11.8 Å². The Morgan fingerprint density at radius 1 is 1.24 bits per heavy atom. The van der Waals surface area contributed by atoms with E-state index in [4.69, 9.17) is 14.3 Å². The van der Waals surface area contributed by atoms with Gasteiger partial charge in [-0.1, -0.05) is 6.07 Å². The average molecular weight is 286 g/mol. The van der Waals surface area contributed by atoms with Crippen molar-refractivity contribution in [1.29, 1.82) is 0 Å². The van der Waals surface area contributed by atoms with E-state index in [1.54, 1.807) is 18.2 Å². The van der Waals surface area contributed by atoms with Crippen LogP contribution >= 0.6 is 0 Å². The molecule has 0 aliphatic rings. The van der Waals surface area contributed by atoms with Gasteiger partial charge in [-0.05, 0) is 30.3 Å². The Morgan fingerprint density at radius 2 is 2.10 bits per heavy atom. The molecule has 1 N–H and O–H groups in total. The van der Waals surface area contributed by atoms with Crippen molar-refractivity contribution in [1.82, 2.24) is 0 Å². The second-order valence-corrected chi connectivity index (χ2v) is 4.52. The number of rotatable bonds is 4. The standard InChI is InChI=1S/C16H11FO4/c17-12-2-1-3-13(7-12)20-8-11-9-21-15-6-10(16(18)19)4-5-14(11)15/h1-7,9H,8H2,(H,18,19). The fraction of sp³-hybridized carbons (Fsp3) is 0.0625. The number of fused-ring (bicyclic) bond motifs is 1. The van der Waals surface area contributed by atoms with Crippen LogP contribution in [0.25, 0.3) is 11.0 Å². The summed E-state index contributed by atoms with van der Waals surface area (Å²) in [6.07, 6.45) is 1.51. The fourth-order valence-electron chi connectivity index (χ4n) is 2.05. The van der Waals surface area contributed by atoms with Crippen LogP contribution in [-0.2, 0) is 6.61 Å². The summed E-state index contributed by atoms with van der Waals surface area (Å²) in [4.78, 5) is 10.9. The molecule has 3 aromatic rings. The van der Waals surface area contributed by atoms with Gasteiger partial charge in [0.1, 0.15) is 23.8 Å². The Morgan fingerprint density at radius 3 is 2.86 bits per heavy atom. The summed E-state index contributed by atoms with van der Waals surface area (Å²) in [5, 5.41) is 9.70. The average Bonchev–Trinajstić information content (AvgIpc) is 2.87. The minimum atomic E-state index is -1.01. The quantitative estimate of drug-likeness (QED) is 0.791. The van der Waals surface area contributed by atoms with Gasteiger partial charge < -0.3 is 14.3 Å². The molecule has 0 amide bonds. The third kappa shape index (κ3) is 2.72. The van der Waals surface area contributed by atoms with Crippen LogP contribution in [0.5, 0.6) is 5.75 Å². The van der Waals surface area contributed by atoms with Gasteiger partial charge in [0.2, 0.25) is 0 Å². The summed E-state index contributed by atoms with van der Waals surface area (Å²) in [5.74, 6) is -0.951. The highest BCUT2D eigenvalue weighted by molar-refractivity contribution is 5.93. The zero-order chi connectivity index (χ0) is 14.8. The molecule has 3 rings (SSSR count). The Bertz CT molecular complexity index is 807. The molecule has 21 heavy (non-hydrogen) atoms. The zero-order valence-corrected chi connectivity index (χ0v) is 10.9. The lowest BCUT2D eigenvalue weighted by atomic mass is 10.1. The molecule has 1 heterocycles. The van der Waals surface area contributed by atoms with Crippen molar-refractivity contribution in [3.05, 3.63) is 65.7 Å². The Kier molecular flexibility index (Phi) is 3.31. The highest BCUT2D eigenvalue weighted by atomic mass is 19.1. The summed E-state index contributed by atoms with van der Waals surface area (Å²) >= 11 is 0. The van der Waals surface area contributed by atoms with Crippen LogP contribution in [0.1, 0.15) is 15.9 Å². The van der Waals surface area contributed by atoms with E-state index in [-0.39, 0.29) is 18.0 Å². The maximum atomic E-state index is 13.1. The largest absolute Gasteiger partial charge is 0.489 e. The highest BCUT2D eigenvalue weighted by Gasteiger charge is 2.10. The lowest BCUT2D eigenvalue weighted by molar-refractivity contribution is 0.0697. The van der Waals surface area contributed by atoms with Crippen molar-refractivity contribution < 1.29 is 23.4 Å². The first-order chi connectivity index (χ1) is 10.1. The second-order valence-electron chi connectivity index (χ2n) is 4.52. The van der Waals surface area contributed by atoms with Crippen molar-refractivity contribution in [3.8, 4) is 5.75 Å². The van der Waals surface area contributed by atoms with Crippen molar-refractivity contribution in [2.75, 3.05) is 0 Å². The van der Waals surface area contributed by atoms with Crippen molar-refractivity contribution >= 4 is 16.9 Å². The minimum Gasteiger partial charge on any atom is -0.489 e. The molecule has 4 nitrogen and oxygen atoms in total. The number of furan rings is 1. The molecule has 0 unspecified atom stereocenters. The molecule has 106 valence electrons. The van der Waals surface area contributed by atoms with Gasteiger partial charge in [-0.15, -0.1) is 0 Å². The number of halogens is 1. The number of aromatic carboxylic acids is 1. The first kappa shape index (κ1) is 13.2. The summed E-state index contributed by atoms with van der Waals surface area (Å²) < 4.78 is 23.9. The molecule has 0 atom stereocenters. The summed E-state index contributed by atoms with van der Waals surface area (Å²) in [7, 11) is 0. The molecule has 0 aliphatic carbocycles. The number of hydrogen-bond donors (Lipinski definition) is 1. The monoisotopic (exact) mass is 286 g/mol. The van der Waals surface area contributed by atoms with E-state index in [9.17, 15) is 9.18 Å². The topological polar surface area (TPSA) is 59.7 Å². The van der Waals surface area contributed by atoms with Crippen LogP contribution in [0, 0.1) is 5.82 Å². The molecule has 0 saturated heterocycles. The van der Waals surface area contributed by atoms with E-state index in [0.717, 1.165) is 10.9 Å². The number of hydrogen-bond acceptors (Lipinski definition) is 3. The second kappa shape index (κ2) is 5.28. The van der Waals surface area contributed by atoms with E-state index in [0.29, 0.717) is 11.3 Å². The molecule has 5 heteroatoms. The number of ether oxygens (including phenoxy) is 1. The third-order valence-corrected chi connectivity index (χ3v) is 3.09. The molecule has 1 aromatic heterocycles. The molecular formula is C16H11FO4. The SMILES string of the molecule is O=C(O)c1ccc2c(COc3cccc(F)c3)coc2c1. The molecule has 0 aliphatic heterocycles. The molecule has 0 spiro atoms. The van der Waals surface area contributed by atoms with Gasteiger partial charge in [0.15, 0.2) is 0 Å². The minimum absolute atomic E-state index is 0.162. The van der Waals surface area contributed by atoms with Crippen molar-refractivity contribution in [3.63, 3.8) is 0 Å². The van der Waals surface area contributed by atoms with Crippen LogP contribution in [0.3, 0.4) is 0 Å². The van der Waals surface area contributed by atoms with Crippen molar-refractivity contribution in [2.24, 2.45) is 0 Å². The smallest absolute Gasteiger partial charge is 0.335 e. The van der Waals surface area contributed by atoms with Crippen LogP contribution in [0.4, 0.5) is 4.39 Å². The van der Waals surface area contributed by atoms with Gasteiger partial charge in [-0.2, -0.15) is 0 Å². The van der Waals surface area contributed by atoms with Gasteiger partial charge in [-0.3, -0.25) is 0 Å². The molecule has 0 bridgehead atoms. The fourth-order valence-corrected chi connectivity index (χ4v) is 2.05. The van der Waals surface area contributed by atoms with E-state index in [1.165, 1.54) is 30.5 Å². The lowest BCUT2D eigenvalue weighted by Crippen LogP contribution is -1.96. The van der Waals surface area contributed by atoms with E-state index < -0.39 is 5.97 Å². The van der Waals surface area contributed by atoms with Crippen LogP contribution in [-0.4, -0.2) is 11.1 Å². The van der Waals surface area contributed by atoms with Gasteiger partial charge in [0.25, 0.3) is 0 Å². The van der Waals surface area contributed by atoms with Gasteiger partial charge in [-0.25, -0.2) is 9.18 Å². The molecular weight excluding hydrogens is 275 g/mol. The Balaban J connectivity index is 1.83. The Labute approximate surface area is 119 Å². The van der Waals surface area contributed by atoms with Gasteiger partial charge >= 0.3 is 5.97 Å².